The first kappa shape index (κ1) is 20.6. The first-order chi connectivity index (χ1) is 13.3. The molecule has 0 aliphatic carbocycles. The number of para-hydroxylation sites is 1. The zero-order valence-electron chi connectivity index (χ0n) is 15.0. The fraction of sp³-hybridized carbons (Fsp3) is 0.211. The molecule has 0 aromatic heterocycles. The van der Waals surface area contributed by atoms with Crippen LogP contribution in [-0.2, 0) is 9.59 Å². The lowest BCUT2D eigenvalue weighted by Crippen LogP contribution is -2.38. The minimum Gasteiger partial charge on any atom is -0.482 e. The average molecular weight is 441 g/mol. The van der Waals surface area contributed by atoms with Gasteiger partial charge in [-0.3, -0.25) is 9.59 Å². The molecule has 28 heavy (non-hydrogen) atoms. The minimum absolute atomic E-state index is 0.139. The number of hydrogen-bond acceptors (Lipinski definition) is 4. The van der Waals surface area contributed by atoms with E-state index >= 15 is 0 Å². The van der Waals surface area contributed by atoms with Crippen molar-refractivity contribution in [2.24, 2.45) is 4.99 Å². The number of carbonyl (C=O) groups is 2. The number of amides is 2. The molecule has 6 nitrogen and oxygen atoms in total. The average Bonchev–Trinajstić information content (AvgIpc) is 2.87. The molecule has 2 aromatic carbocycles. The maximum atomic E-state index is 12.8. The third-order valence-electron chi connectivity index (χ3n) is 4.26. The summed E-state index contributed by atoms with van der Waals surface area (Å²) in [5.74, 6) is -0.763. The van der Waals surface area contributed by atoms with Crippen LogP contribution in [0.15, 0.2) is 47.5 Å². The number of anilines is 1. The first-order valence-corrected chi connectivity index (χ1v) is 9.44. The fourth-order valence-electron chi connectivity index (χ4n) is 2.71. The molecule has 1 unspecified atom stereocenters. The van der Waals surface area contributed by atoms with Crippen LogP contribution >= 0.6 is 34.8 Å². The molecule has 0 N–H and O–H groups in total. The van der Waals surface area contributed by atoms with E-state index in [1.807, 2.05) is 18.2 Å². The van der Waals surface area contributed by atoms with Gasteiger partial charge in [0.25, 0.3) is 11.8 Å². The van der Waals surface area contributed by atoms with E-state index in [1.165, 1.54) is 17.1 Å². The predicted molar refractivity (Wildman–Crippen MR) is 111 cm³/mol. The lowest BCUT2D eigenvalue weighted by atomic mass is 10.2. The summed E-state index contributed by atoms with van der Waals surface area (Å²) in [5.41, 5.74) is 0.832. The van der Waals surface area contributed by atoms with E-state index in [1.54, 1.807) is 31.1 Å². The molecule has 146 valence electrons. The van der Waals surface area contributed by atoms with Gasteiger partial charge < -0.3 is 4.74 Å². The topological polar surface area (TPSA) is 62.2 Å². The quantitative estimate of drug-likeness (QED) is 0.666. The van der Waals surface area contributed by atoms with Gasteiger partial charge >= 0.3 is 0 Å². The maximum Gasteiger partial charge on any atom is 0.289 e. The predicted octanol–water partition coefficient (Wildman–Crippen LogP) is 4.28. The van der Waals surface area contributed by atoms with Crippen molar-refractivity contribution < 1.29 is 14.3 Å². The Morgan fingerprint density at radius 2 is 1.75 bits per heavy atom. The van der Waals surface area contributed by atoms with Crippen molar-refractivity contribution in [1.29, 1.82) is 0 Å². The van der Waals surface area contributed by atoms with Gasteiger partial charge in [0.15, 0.2) is 6.61 Å². The molecule has 2 aromatic rings. The Hall–Kier alpha value is -2.12. The highest BCUT2D eigenvalue weighted by Gasteiger charge is 2.40. The Bertz CT molecular complexity index is 950. The van der Waals surface area contributed by atoms with E-state index in [4.69, 9.17) is 39.5 Å². The van der Waals surface area contributed by atoms with Crippen molar-refractivity contribution in [2.75, 3.05) is 18.7 Å². The highest BCUT2D eigenvalue weighted by Crippen LogP contribution is 2.33. The smallest absolute Gasteiger partial charge is 0.289 e. The lowest BCUT2D eigenvalue weighted by molar-refractivity contribution is -0.120. The van der Waals surface area contributed by atoms with E-state index in [0.29, 0.717) is 5.69 Å². The van der Waals surface area contributed by atoms with Crippen LogP contribution in [0.5, 0.6) is 5.75 Å². The van der Waals surface area contributed by atoms with Gasteiger partial charge in [-0.2, -0.15) is 0 Å². The van der Waals surface area contributed by atoms with E-state index < -0.39 is 12.5 Å². The number of rotatable bonds is 4. The van der Waals surface area contributed by atoms with Crippen molar-refractivity contribution in [2.45, 2.75) is 13.0 Å². The molecule has 1 aliphatic rings. The highest BCUT2D eigenvalue weighted by atomic mass is 35.5. The largest absolute Gasteiger partial charge is 0.482 e. The minimum atomic E-state index is -0.611. The zero-order valence-corrected chi connectivity index (χ0v) is 17.3. The SMILES string of the molecule is CC1C(=NC(=O)COc2cc(Cl)c(Cl)cc2Cl)C(=O)N(c2ccccc2)N1C. The summed E-state index contributed by atoms with van der Waals surface area (Å²) in [5, 5.41) is 3.95. The van der Waals surface area contributed by atoms with Crippen molar-refractivity contribution >= 4 is 58.0 Å². The number of nitrogens with zero attached hydrogens (tertiary/aromatic N) is 3. The van der Waals surface area contributed by atoms with Gasteiger partial charge in [-0.25, -0.2) is 15.0 Å². The molecule has 1 aliphatic heterocycles. The maximum absolute atomic E-state index is 12.8. The number of hydrogen-bond donors (Lipinski definition) is 0. The van der Waals surface area contributed by atoms with Gasteiger partial charge in [0, 0.05) is 13.1 Å². The molecule has 0 bridgehead atoms. The molecule has 0 spiro atoms. The van der Waals surface area contributed by atoms with E-state index in [0.717, 1.165) is 0 Å². The second-order valence-corrected chi connectivity index (χ2v) is 7.30. The number of benzene rings is 2. The second kappa shape index (κ2) is 8.49. The Labute approximate surface area is 177 Å². The lowest BCUT2D eigenvalue weighted by Gasteiger charge is -2.25. The third kappa shape index (κ3) is 4.15. The van der Waals surface area contributed by atoms with Gasteiger partial charge in [0.2, 0.25) is 0 Å². The molecule has 1 fully saturated rings. The molecule has 1 atom stereocenters. The highest BCUT2D eigenvalue weighted by molar-refractivity contribution is 6.48. The van der Waals surface area contributed by atoms with Crippen LogP contribution in [0.4, 0.5) is 5.69 Å². The van der Waals surface area contributed by atoms with Crippen LogP contribution in [0.3, 0.4) is 0 Å². The Kier molecular flexibility index (Phi) is 6.25. The molecule has 3 rings (SSSR count). The normalized spacial score (nSPS) is 18.8. The summed E-state index contributed by atoms with van der Waals surface area (Å²) in [6, 6.07) is 11.6. The molecule has 0 radical (unpaired) electrons. The molecule has 1 heterocycles. The van der Waals surface area contributed by atoms with E-state index in [-0.39, 0.29) is 38.5 Å². The third-order valence-corrected chi connectivity index (χ3v) is 5.27. The first-order valence-electron chi connectivity index (χ1n) is 8.30. The number of ether oxygens (including phenoxy) is 1. The van der Waals surface area contributed by atoms with Crippen molar-refractivity contribution in [3.63, 3.8) is 0 Å². The Balaban J connectivity index is 1.75. The van der Waals surface area contributed by atoms with Crippen LogP contribution in [0.2, 0.25) is 15.1 Å². The molecule has 1 saturated heterocycles. The number of aliphatic imine (C=N–C) groups is 1. The monoisotopic (exact) mass is 439 g/mol. The van der Waals surface area contributed by atoms with Crippen LogP contribution in [-0.4, -0.2) is 42.2 Å². The number of hydrazine groups is 1. The molecule has 0 saturated carbocycles. The Morgan fingerprint density at radius 1 is 1.11 bits per heavy atom. The summed E-state index contributed by atoms with van der Waals surface area (Å²) < 4.78 is 5.38. The standard InChI is InChI=1S/C19H16Cl3N3O3/c1-11-18(19(27)25(24(11)2)12-6-4-3-5-7-12)23-17(26)10-28-16-9-14(21)13(20)8-15(16)22/h3-9,11H,10H2,1-2H3. The summed E-state index contributed by atoms with van der Waals surface area (Å²) in [7, 11) is 1.76. The molecule has 2 amide bonds. The van der Waals surface area contributed by atoms with Gasteiger partial charge in [-0.05, 0) is 25.1 Å². The van der Waals surface area contributed by atoms with Gasteiger partial charge in [0.05, 0.1) is 26.8 Å². The van der Waals surface area contributed by atoms with Crippen LogP contribution in [0.1, 0.15) is 6.92 Å². The fourth-order valence-corrected chi connectivity index (χ4v) is 3.30. The van der Waals surface area contributed by atoms with Crippen molar-refractivity contribution in [3.8, 4) is 5.75 Å². The molecular weight excluding hydrogens is 425 g/mol. The van der Waals surface area contributed by atoms with E-state index in [9.17, 15) is 9.59 Å². The van der Waals surface area contributed by atoms with Crippen LogP contribution in [0.25, 0.3) is 0 Å². The zero-order chi connectivity index (χ0) is 20.4. The van der Waals surface area contributed by atoms with Crippen LogP contribution in [0, 0.1) is 0 Å². The van der Waals surface area contributed by atoms with Gasteiger partial charge in [0.1, 0.15) is 11.5 Å². The summed E-state index contributed by atoms with van der Waals surface area (Å²) in [4.78, 5) is 29.0. The Morgan fingerprint density at radius 3 is 2.43 bits per heavy atom. The summed E-state index contributed by atoms with van der Waals surface area (Å²) >= 11 is 17.8. The summed E-state index contributed by atoms with van der Waals surface area (Å²) in [6.45, 7) is 1.40. The number of halogens is 3. The molecular formula is C19H16Cl3N3O3. The van der Waals surface area contributed by atoms with Crippen LogP contribution < -0.4 is 9.75 Å². The van der Waals surface area contributed by atoms with Gasteiger partial charge in [-0.1, -0.05) is 53.0 Å². The van der Waals surface area contributed by atoms with E-state index in [2.05, 4.69) is 4.99 Å². The van der Waals surface area contributed by atoms with Crippen molar-refractivity contribution in [1.82, 2.24) is 5.01 Å². The van der Waals surface area contributed by atoms with Gasteiger partial charge in [-0.15, -0.1) is 0 Å². The second-order valence-electron chi connectivity index (χ2n) is 6.08. The van der Waals surface area contributed by atoms with Crippen molar-refractivity contribution in [3.05, 3.63) is 57.5 Å². The molecule has 9 heteroatoms. The number of carbonyl (C=O) groups excluding carboxylic acids is 2. The summed E-state index contributed by atoms with van der Waals surface area (Å²) in [6.07, 6.45) is 0.